The Balaban J connectivity index is 1.78. The van der Waals surface area contributed by atoms with Crippen LogP contribution in [-0.2, 0) is 6.54 Å². The summed E-state index contributed by atoms with van der Waals surface area (Å²) in [6.45, 7) is 5.36. The monoisotopic (exact) mass is 225 g/mol. The van der Waals surface area contributed by atoms with E-state index in [9.17, 15) is 0 Å². The molecule has 4 heteroatoms. The largest absolute Gasteiger partial charge is 0.313 e. The Hall–Kier alpha value is -0.450. The fraction of sp³-hybridized carbons (Fsp3) is 0.727. The van der Waals surface area contributed by atoms with Crippen LogP contribution in [0.1, 0.15) is 23.5 Å². The van der Waals surface area contributed by atoms with Gasteiger partial charge < -0.3 is 5.32 Å². The predicted octanol–water partition coefficient (Wildman–Crippen LogP) is 1.64. The number of aromatic nitrogens is 1. The molecular weight excluding hydrogens is 206 g/mol. The highest BCUT2D eigenvalue weighted by Gasteiger charge is 2.16. The number of thiazole rings is 1. The van der Waals surface area contributed by atoms with Crippen molar-refractivity contribution < 1.29 is 0 Å². The van der Waals surface area contributed by atoms with Crippen LogP contribution < -0.4 is 5.32 Å². The Labute approximate surface area is 95.5 Å². The average Bonchev–Trinajstić information content (AvgIpc) is 2.77. The van der Waals surface area contributed by atoms with Crippen molar-refractivity contribution in [2.24, 2.45) is 0 Å². The first kappa shape index (κ1) is 11.0. The second-order valence-electron chi connectivity index (χ2n) is 4.35. The van der Waals surface area contributed by atoms with Crippen molar-refractivity contribution in [3.8, 4) is 0 Å². The van der Waals surface area contributed by atoms with Gasteiger partial charge in [0.2, 0.25) is 0 Å². The molecule has 1 aliphatic rings. The molecule has 1 aromatic rings. The molecule has 1 aliphatic heterocycles. The number of aryl methyl sites for hydroxylation is 1. The van der Waals surface area contributed by atoms with Crippen molar-refractivity contribution in [1.29, 1.82) is 0 Å². The quantitative estimate of drug-likeness (QED) is 0.844. The van der Waals surface area contributed by atoms with Crippen LogP contribution in [0, 0.1) is 6.92 Å². The second-order valence-corrected chi connectivity index (χ2v) is 5.41. The predicted molar refractivity (Wildman–Crippen MR) is 64.2 cm³/mol. The molecule has 15 heavy (non-hydrogen) atoms. The molecule has 0 saturated carbocycles. The van der Waals surface area contributed by atoms with Crippen molar-refractivity contribution in [2.45, 2.75) is 32.4 Å². The molecular formula is C11H19N3S. The number of nitrogens with zero attached hydrogens (tertiary/aromatic N) is 2. The maximum atomic E-state index is 4.48. The second kappa shape index (κ2) is 5.05. The van der Waals surface area contributed by atoms with E-state index in [0.717, 1.165) is 18.1 Å². The summed E-state index contributed by atoms with van der Waals surface area (Å²) in [6, 6.07) is 0.690. The van der Waals surface area contributed by atoms with Gasteiger partial charge in [0.15, 0.2) is 0 Å². The Morgan fingerprint density at radius 1 is 1.67 bits per heavy atom. The summed E-state index contributed by atoms with van der Waals surface area (Å²) in [7, 11) is 2.18. The normalized spacial score (nSPS) is 21.4. The Morgan fingerprint density at radius 3 is 3.13 bits per heavy atom. The van der Waals surface area contributed by atoms with Crippen LogP contribution >= 0.6 is 11.3 Å². The molecule has 0 aliphatic carbocycles. The highest BCUT2D eigenvalue weighted by molar-refractivity contribution is 7.09. The summed E-state index contributed by atoms with van der Waals surface area (Å²) in [5, 5.41) is 6.84. The van der Waals surface area contributed by atoms with Crippen LogP contribution in [0.15, 0.2) is 5.38 Å². The lowest BCUT2D eigenvalue weighted by molar-refractivity contribution is 0.290. The van der Waals surface area contributed by atoms with Crippen LogP contribution in [0.5, 0.6) is 0 Å². The maximum Gasteiger partial charge on any atom is 0.0897 e. The molecule has 1 fully saturated rings. The number of hydrogen-bond acceptors (Lipinski definition) is 4. The van der Waals surface area contributed by atoms with Crippen molar-refractivity contribution in [2.75, 3.05) is 20.1 Å². The van der Waals surface area contributed by atoms with E-state index < -0.39 is 0 Å². The Kier molecular flexibility index (Phi) is 3.72. The summed E-state index contributed by atoms with van der Waals surface area (Å²) in [6.07, 6.45) is 2.65. The van der Waals surface area contributed by atoms with Gasteiger partial charge in [-0.05, 0) is 33.4 Å². The fourth-order valence-corrected chi connectivity index (χ4v) is 2.71. The highest BCUT2D eigenvalue weighted by Crippen LogP contribution is 2.11. The third kappa shape index (κ3) is 3.26. The maximum absolute atomic E-state index is 4.48. The van der Waals surface area contributed by atoms with Gasteiger partial charge >= 0.3 is 0 Å². The van der Waals surface area contributed by atoms with Crippen LogP contribution in [-0.4, -0.2) is 36.1 Å². The first-order valence-corrected chi connectivity index (χ1v) is 6.45. The zero-order valence-corrected chi connectivity index (χ0v) is 10.3. The molecule has 2 rings (SSSR count). The van der Waals surface area contributed by atoms with Crippen molar-refractivity contribution in [3.63, 3.8) is 0 Å². The summed E-state index contributed by atoms with van der Waals surface area (Å²) >= 11 is 1.74. The van der Waals surface area contributed by atoms with E-state index in [0.29, 0.717) is 6.04 Å². The minimum absolute atomic E-state index is 0.690. The minimum atomic E-state index is 0.690. The molecule has 84 valence electrons. The molecule has 3 nitrogen and oxygen atoms in total. The number of nitrogens with one attached hydrogen (secondary N) is 1. The lowest BCUT2D eigenvalue weighted by Crippen LogP contribution is -2.35. The van der Waals surface area contributed by atoms with E-state index in [1.807, 2.05) is 0 Å². The molecule has 1 saturated heterocycles. The first-order chi connectivity index (χ1) is 7.24. The standard InChI is InChI=1S/C11H19N3S/c1-9-13-11(8-15-9)7-14(2)6-10-4-3-5-12-10/h8,10,12H,3-7H2,1-2H3/t10-/m0/s1. The molecule has 1 atom stereocenters. The van der Waals surface area contributed by atoms with Crippen LogP contribution in [0.3, 0.4) is 0 Å². The summed E-state index contributed by atoms with van der Waals surface area (Å²) in [5.74, 6) is 0. The molecule has 0 unspecified atom stereocenters. The van der Waals surface area contributed by atoms with Gasteiger partial charge in [0, 0.05) is 24.5 Å². The summed E-state index contributed by atoms with van der Waals surface area (Å²) < 4.78 is 0. The van der Waals surface area contributed by atoms with Gasteiger partial charge in [-0.25, -0.2) is 4.98 Å². The smallest absolute Gasteiger partial charge is 0.0897 e. The van der Waals surface area contributed by atoms with E-state index in [2.05, 4.69) is 34.6 Å². The molecule has 0 spiro atoms. The van der Waals surface area contributed by atoms with E-state index in [-0.39, 0.29) is 0 Å². The van der Waals surface area contributed by atoms with Crippen molar-refractivity contribution in [1.82, 2.24) is 15.2 Å². The zero-order chi connectivity index (χ0) is 10.7. The zero-order valence-electron chi connectivity index (χ0n) is 9.49. The third-order valence-electron chi connectivity index (χ3n) is 2.79. The van der Waals surface area contributed by atoms with E-state index in [1.54, 1.807) is 11.3 Å². The molecule has 0 amide bonds. The van der Waals surface area contributed by atoms with Gasteiger partial charge in [-0.2, -0.15) is 0 Å². The molecule has 2 heterocycles. The number of hydrogen-bond donors (Lipinski definition) is 1. The SMILES string of the molecule is Cc1nc(CN(C)C[C@@H]2CCCN2)cs1. The average molecular weight is 225 g/mol. The van der Waals surface area contributed by atoms with E-state index in [1.165, 1.54) is 25.1 Å². The third-order valence-corrected chi connectivity index (χ3v) is 3.62. The number of likely N-dealkylation sites (N-methyl/N-ethyl adjacent to an activating group) is 1. The Bertz CT molecular complexity index is 305. The van der Waals surface area contributed by atoms with Gasteiger partial charge in [-0.1, -0.05) is 0 Å². The fourth-order valence-electron chi connectivity index (χ4n) is 2.11. The van der Waals surface area contributed by atoms with Gasteiger partial charge in [-0.15, -0.1) is 11.3 Å². The van der Waals surface area contributed by atoms with Gasteiger partial charge in [0.1, 0.15) is 0 Å². The topological polar surface area (TPSA) is 28.2 Å². The van der Waals surface area contributed by atoms with Crippen molar-refractivity contribution >= 4 is 11.3 Å². The Morgan fingerprint density at radius 2 is 2.53 bits per heavy atom. The molecule has 0 radical (unpaired) electrons. The molecule has 1 N–H and O–H groups in total. The highest BCUT2D eigenvalue weighted by atomic mass is 32.1. The molecule has 0 aromatic carbocycles. The van der Waals surface area contributed by atoms with Crippen LogP contribution in [0.2, 0.25) is 0 Å². The lowest BCUT2D eigenvalue weighted by atomic mass is 10.2. The van der Waals surface area contributed by atoms with Gasteiger partial charge in [-0.3, -0.25) is 4.90 Å². The minimum Gasteiger partial charge on any atom is -0.313 e. The summed E-state index contributed by atoms with van der Waals surface area (Å²) in [5.41, 5.74) is 1.21. The molecule has 1 aromatic heterocycles. The number of rotatable bonds is 4. The van der Waals surface area contributed by atoms with E-state index >= 15 is 0 Å². The first-order valence-electron chi connectivity index (χ1n) is 5.57. The van der Waals surface area contributed by atoms with E-state index in [4.69, 9.17) is 0 Å². The van der Waals surface area contributed by atoms with Crippen LogP contribution in [0.25, 0.3) is 0 Å². The van der Waals surface area contributed by atoms with Gasteiger partial charge in [0.05, 0.1) is 10.7 Å². The van der Waals surface area contributed by atoms with Crippen molar-refractivity contribution in [3.05, 3.63) is 16.1 Å². The van der Waals surface area contributed by atoms with Gasteiger partial charge in [0.25, 0.3) is 0 Å². The van der Waals surface area contributed by atoms with Crippen LogP contribution in [0.4, 0.5) is 0 Å². The lowest BCUT2D eigenvalue weighted by Gasteiger charge is -2.19. The molecule has 0 bridgehead atoms. The summed E-state index contributed by atoms with van der Waals surface area (Å²) in [4.78, 5) is 6.84.